The molecule has 3 unspecified atom stereocenters. The van der Waals surface area contributed by atoms with E-state index in [2.05, 4.69) is 0 Å². The Morgan fingerprint density at radius 3 is 1.50 bits per heavy atom. The quantitative estimate of drug-likeness (QED) is 0.714. The van der Waals surface area contributed by atoms with Crippen LogP contribution in [0, 0.1) is 0 Å². The molecule has 2 N–H and O–H groups in total. The summed E-state index contributed by atoms with van der Waals surface area (Å²) in [6.45, 7) is 0. The minimum absolute atomic E-state index is 3.55. The number of rotatable bonds is 3. The lowest BCUT2D eigenvalue weighted by Crippen LogP contribution is -2.55. The van der Waals surface area contributed by atoms with Crippen LogP contribution in [0.5, 0.6) is 0 Å². The average Bonchev–Trinajstić information content (AvgIpc) is 1.99. The molecule has 0 rings (SSSR count). The van der Waals surface area contributed by atoms with E-state index in [1.807, 2.05) is 0 Å². The van der Waals surface area contributed by atoms with Crippen LogP contribution in [0.4, 0.5) is 30.7 Å². The number of hydrogen-bond donors (Lipinski definition) is 2. The van der Waals surface area contributed by atoms with Gasteiger partial charge in [0.15, 0.2) is 12.3 Å². The number of alkyl halides is 7. The molecule has 86 valence electrons. The lowest BCUT2D eigenvalue weighted by molar-refractivity contribution is -0.348. The third-order valence-electron chi connectivity index (χ3n) is 1.32. The first-order valence-electron chi connectivity index (χ1n) is 3.10. The zero-order chi connectivity index (χ0) is 11.7. The van der Waals surface area contributed by atoms with Crippen LogP contribution in [0.25, 0.3) is 0 Å². The van der Waals surface area contributed by atoms with Gasteiger partial charge in [0.1, 0.15) is 0 Å². The van der Waals surface area contributed by atoms with Crippen molar-refractivity contribution in [1.82, 2.24) is 0 Å². The third kappa shape index (κ3) is 2.47. The summed E-state index contributed by atoms with van der Waals surface area (Å²) in [5, 5.41) is 15.9. The smallest absolute Gasteiger partial charge is 0.384 e. The van der Waals surface area contributed by atoms with Crippen molar-refractivity contribution in [1.29, 1.82) is 0 Å². The summed E-state index contributed by atoms with van der Waals surface area (Å²) in [7, 11) is 0. The van der Waals surface area contributed by atoms with E-state index in [-0.39, 0.29) is 0 Å². The Balaban J connectivity index is 4.75. The molecule has 0 aromatic heterocycles. The molecular formula is C5H5F7O2. The van der Waals surface area contributed by atoms with E-state index in [9.17, 15) is 30.7 Å². The largest absolute Gasteiger partial charge is 0.451 e. The lowest BCUT2D eigenvalue weighted by atomic mass is 10.1. The maximum Gasteiger partial charge on any atom is 0.451 e. The molecule has 0 aromatic carbocycles. The highest BCUT2D eigenvalue weighted by Crippen LogP contribution is 2.37. The van der Waals surface area contributed by atoms with Crippen LogP contribution < -0.4 is 0 Å². The first-order chi connectivity index (χ1) is 6.01. The molecule has 0 aliphatic heterocycles. The molecule has 0 saturated carbocycles. The molecule has 0 saturated heterocycles. The lowest BCUT2D eigenvalue weighted by Gasteiger charge is -2.27. The van der Waals surface area contributed by atoms with E-state index >= 15 is 0 Å². The minimum Gasteiger partial charge on any atom is -0.384 e. The number of aliphatic hydroxyl groups excluding tert-OH is 1. The molecule has 0 aliphatic carbocycles. The molecule has 9 heteroatoms. The Morgan fingerprint density at radius 2 is 1.29 bits per heavy atom. The van der Waals surface area contributed by atoms with Crippen LogP contribution in [0.2, 0.25) is 0 Å². The van der Waals surface area contributed by atoms with E-state index < -0.39 is 30.7 Å². The average molecular weight is 230 g/mol. The topological polar surface area (TPSA) is 40.5 Å². The monoisotopic (exact) mass is 230 g/mol. The van der Waals surface area contributed by atoms with Crippen molar-refractivity contribution >= 4 is 0 Å². The van der Waals surface area contributed by atoms with Crippen LogP contribution in [0.15, 0.2) is 0 Å². The van der Waals surface area contributed by atoms with Crippen molar-refractivity contribution in [2.45, 2.75) is 30.7 Å². The number of hydrogen-bond acceptors (Lipinski definition) is 2. The van der Waals surface area contributed by atoms with Crippen LogP contribution in [-0.2, 0) is 0 Å². The molecule has 2 nitrogen and oxygen atoms in total. The molecule has 0 aromatic rings. The van der Waals surface area contributed by atoms with Crippen LogP contribution in [0.3, 0.4) is 0 Å². The summed E-state index contributed by atoms with van der Waals surface area (Å²) in [5.74, 6) is -5.50. The zero-order valence-corrected chi connectivity index (χ0v) is 6.27. The molecule has 0 radical (unpaired) electrons. The second kappa shape index (κ2) is 3.89. The van der Waals surface area contributed by atoms with Crippen molar-refractivity contribution in [2.24, 2.45) is 0 Å². The van der Waals surface area contributed by atoms with Gasteiger partial charge in [-0.15, -0.1) is 0 Å². The third-order valence-corrected chi connectivity index (χ3v) is 1.32. The van der Waals surface area contributed by atoms with Gasteiger partial charge in [0.05, 0.1) is 0 Å². The fraction of sp³-hybridized carbons (Fsp3) is 1.00. The molecule has 0 heterocycles. The number of halogens is 7. The Morgan fingerprint density at radius 1 is 0.929 bits per heavy atom. The van der Waals surface area contributed by atoms with Gasteiger partial charge >= 0.3 is 12.0 Å². The number of aliphatic hydroxyl groups is 2. The van der Waals surface area contributed by atoms with Gasteiger partial charge in [0, 0.05) is 0 Å². The zero-order valence-electron chi connectivity index (χ0n) is 6.27. The van der Waals surface area contributed by atoms with E-state index in [1.54, 1.807) is 0 Å². The highest BCUT2D eigenvalue weighted by molar-refractivity contribution is 4.89. The highest BCUT2D eigenvalue weighted by Gasteiger charge is 2.64. The standard InChI is InChI=1S/C5H5F7O2/c6-2(1(13)3(7)8)4(9,14)5(10,11)12/h1-3,13-14H. The predicted molar refractivity (Wildman–Crippen MR) is 29.0 cm³/mol. The molecule has 3 atom stereocenters. The maximum absolute atomic E-state index is 12.2. The Bertz CT molecular complexity index is 189. The minimum atomic E-state index is -6.09. The molecule has 14 heavy (non-hydrogen) atoms. The fourth-order valence-electron chi connectivity index (χ4n) is 0.510. The normalized spacial score (nSPS) is 21.9. The fourth-order valence-corrected chi connectivity index (χ4v) is 0.510. The van der Waals surface area contributed by atoms with Gasteiger partial charge in [-0.1, -0.05) is 0 Å². The van der Waals surface area contributed by atoms with Crippen LogP contribution >= 0.6 is 0 Å². The summed E-state index contributed by atoms with van der Waals surface area (Å²) < 4.78 is 81.8. The first-order valence-corrected chi connectivity index (χ1v) is 3.10. The van der Waals surface area contributed by atoms with Crippen molar-refractivity contribution in [3.8, 4) is 0 Å². The maximum atomic E-state index is 12.2. The summed E-state index contributed by atoms with van der Waals surface area (Å²) in [6.07, 6.45) is -17.7. The highest BCUT2D eigenvalue weighted by atomic mass is 19.4. The molecule has 0 fully saturated rings. The van der Waals surface area contributed by atoms with Gasteiger partial charge in [0.2, 0.25) is 0 Å². The van der Waals surface area contributed by atoms with Gasteiger partial charge in [-0.3, -0.25) is 0 Å². The summed E-state index contributed by atoms with van der Waals surface area (Å²) in [5.41, 5.74) is 0. The Labute approximate surface area is 72.9 Å². The van der Waals surface area contributed by atoms with E-state index in [0.717, 1.165) is 0 Å². The van der Waals surface area contributed by atoms with Crippen molar-refractivity contribution in [3.63, 3.8) is 0 Å². The van der Waals surface area contributed by atoms with Crippen molar-refractivity contribution in [3.05, 3.63) is 0 Å². The Hall–Kier alpha value is -0.570. The van der Waals surface area contributed by atoms with Crippen molar-refractivity contribution < 1.29 is 40.9 Å². The summed E-state index contributed by atoms with van der Waals surface area (Å²) >= 11 is 0. The SMILES string of the molecule is OC(C(F)F)C(F)C(O)(F)C(F)(F)F. The van der Waals surface area contributed by atoms with Gasteiger partial charge in [-0.05, 0) is 0 Å². The summed E-state index contributed by atoms with van der Waals surface area (Å²) in [6, 6.07) is 0. The van der Waals surface area contributed by atoms with Crippen LogP contribution in [0.1, 0.15) is 0 Å². The van der Waals surface area contributed by atoms with E-state index in [0.29, 0.717) is 0 Å². The van der Waals surface area contributed by atoms with Crippen LogP contribution in [-0.4, -0.2) is 40.9 Å². The van der Waals surface area contributed by atoms with Gasteiger partial charge in [-0.25, -0.2) is 13.2 Å². The van der Waals surface area contributed by atoms with E-state index in [1.165, 1.54) is 0 Å². The Kier molecular flexibility index (Phi) is 3.73. The van der Waals surface area contributed by atoms with E-state index in [4.69, 9.17) is 10.2 Å². The van der Waals surface area contributed by atoms with Gasteiger partial charge in [-0.2, -0.15) is 17.6 Å². The second-order valence-corrected chi connectivity index (χ2v) is 2.40. The van der Waals surface area contributed by atoms with Gasteiger partial charge < -0.3 is 10.2 Å². The van der Waals surface area contributed by atoms with Gasteiger partial charge in [0.25, 0.3) is 6.43 Å². The predicted octanol–water partition coefficient (Wildman–Crippen LogP) is 1.17. The molecule has 0 bridgehead atoms. The molecule has 0 amide bonds. The molecule has 0 aliphatic rings. The first kappa shape index (κ1) is 13.4. The summed E-state index contributed by atoms with van der Waals surface area (Å²) in [4.78, 5) is 0. The molecular weight excluding hydrogens is 225 g/mol. The van der Waals surface area contributed by atoms with Crippen molar-refractivity contribution in [2.75, 3.05) is 0 Å². The second-order valence-electron chi connectivity index (χ2n) is 2.40. The molecule has 0 spiro atoms.